The van der Waals surface area contributed by atoms with E-state index in [9.17, 15) is 4.79 Å². The van der Waals surface area contributed by atoms with Crippen LogP contribution in [-0.4, -0.2) is 23.2 Å². The highest BCUT2D eigenvalue weighted by molar-refractivity contribution is 6.05. The first-order valence-corrected chi connectivity index (χ1v) is 2.22. The molecule has 3 nitrogen and oxygen atoms in total. The maximum atomic E-state index is 10.4. The second kappa shape index (κ2) is 1.88. The highest BCUT2D eigenvalue weighted by Gasteiger charge is 2.09. The monoisotopic (exact) mass is 111 g/mol. The Morgan fingerprint density at radius 1 is 1.75 bits per heavy atom. The summed E-state index contributed by atoms with van der Waals surface area (Å²) < 4.78 is 0. The van der Waals surface area contributed by atoms with Crippen molar-refractivity contribution in [2.45, 2.75) is 6.10 Å². The Bertz CT molecular complexity index is 160. The van der Waals surface area contributed by atoms with Crippen LogP contribution >= 0.6 is 0 Å². The standard InChI is InChI=1S/C5H5NO2/c7-4-1-2-6-3-5(4)8/h1-3,5,8H. The molecular formula is C5H5NO2. The van der Waals surface area contributed by atoms with Gasteiger partial charge >= 0.3 is 0 Å². The van der Waals surface area contributed by atoms with Gasteiger partial charge in [0.05, 0.1) is 0 Å². The lowest BCUT2D eigenvalue weighted by molar-refractivity contribution is -0.119. The van der Waals surface area contributed by atoms with Crippen molar-refractivity contribution in [3.8, 4) is 0 Å². The van der Waals surface area contributed by atoms with Gasteiger partial charge in [0.15, 0.2) is 11.9 Å². The first-order valence-electron chi connectivity index (χ1n) is 2.22. The van der Waals surface area contributed by atoms with Crippen molar-refractivity contribution in [2.75, 3.05) is 0 Å². The number of carbonyl (C=O) groups excluding carboxylic acids is 1. The maximum absolute atomic E-state index is 10.4. The van der Waals surface area contributed by atoms with Crippen LogP contribution in [-0.2, 0) is 4.79 Å². The van der Waals surface area contributed by atoms with Crippen molar-refractivity contribution in [3.63, 3.8) is 0 Å². The number of hydrogen-bond acceptors (Lipinski definition) is 3. The molecule has 0 bridgehead atoms. The molecule has 8 heavy (non-hydrogen) atoms. The molecule has 0 aliphatic carbocycles. The molecule has 0 saturated carbocycles. The lowest BCUT2D eigenvalue weighted by Crippen LogP contribution is -2.20. The van der Waals surface area contributed by atoms with Crippen LogP contribution in [0.4, 0.5) is 0 Å². The molecule has 1 N–H and O–H groups in total. The zero-order valence-electron chi connectivity index (χ0n) is 4.11. The molecule has 0 fully saturated rings. The highest BCUT2D eigenvalue weighted by atomic mass is 16.3. The normalized spacial score (nSPS) is 26.6. The number of carbonyl (C=O) groups is 1. The van der Waals surface area contributed by atoms with Gasteiger partial charge in [-0.1, -0.05) is 0 Å². The van der Waals surface area contributed by atoms with Crippen LogP contribution in [0.15, 0.2) is 17.3 Å². The van der Waals surface area contributed by atoms with Crippen LogP contribution in [0.5, 0.6) is 0 Å². The van der Waals surface area contributed by atoms with E-state index >= 15 is 0 Å². The minimum Gasteiger partial charge on any atom is -0.379 e. The Kier molecular flexibility index (Phi) is 1.22. The summed E-state index contributed by atoms with van der Waals surface area (Å²) in [5.41, 5.74) is 0. The summed E-state index contributed by atoms with van der Waals surface area (Å²) in [5, 5.41) is 8.63. The third kappa shape index (κ3) is 0.816. The highest BCUT2D eigenvalue weighted by Crippen LogP contribution is 1.91. The molecule has 1 aliphatic rings. The van der Waals surface area contributed by atoms with Gasteiger partial charge in [-0.2, -0.15) is 0 Å². The van der Waals surface area contributed by atoms with Gasteiger partial charge < -0.3 is 5.11 Å². The van der Waals surface area contributed by atoms with Gasteiger partial charge in [-0.3, -0.25) is 9.79 Å². The minimum atomic E-state index is -1.01. The fourth-order valence-electron chi connectivity index (χ4n) is 0.420. The third-order valence-electron chi connectivity index (χ3n) is 0.844. The Balaban J connectivity index is 2.74. The van der Waals surface area contributed by atoms with Crippen molar-refractivity contribution in [3.05, 3.63) is 12.3 Å². The number of nitrogens with zero attached hydrogens (tertiary/aromatic N) is 1. The zero-order chi connectivity index (χ0) is 5.98. The minimum absolute atomic E-state index is 0.306. The first-order chi connectivity index (χ1) is 3.80. The number of aliphatic hydroxyl groups excluding tert-OH is 1. The van der Waals surface area contributed by atoms with Crippen LogP contribution in [0.2, 0.25) is 0 Å². The van der Waals surface area contributed by atoms with Crippen molar-refractivity contribution in [1.29, 1.82) is 0 Å². The molecule has 0 radical (unpaired) electrons. The van der Waals surface area contributed by atoms with Crippen LogP contribution in [0.1, 0.15) is 0 Å². The van der Waals surface area contributed by atoms with Gasteiger partial charge in [0.2, 0.25) is 0 Å². The number of aliphatic hydroxyl groups is 1. The van der Waals surface area contributed by atoms with E-state index < -0.39 is 6.10 Å². The van der Waals surface area contributed by atoms with Crippen molar-refractivity contribution >= 4 is 12.0 Å². The van der Waals surface area contributed by atoms with E-state index in [-0.39, 0.29) is 5.78 Å². The van der Waals surface area contributed by atoms with Gasteiger partial charge in [-0.15, -0.1) is 0 Å². The smallest absolute Gasteiger partial charge is 0.191 e. The Labute approximate surface area is 46.4 Å². The SMILES string of the molecule is O=C1C=CN=CC1O. The summed E-state index contributed by atoms with van der Waals surface area (Å²) in [6, 6.07) is 0. The number of aliphatic imine (C=N–C) groups is 1. The lowest BCUT2D eigenvalue weighted by atomic mass is 10.2. The zero-order valence-corrected chi connectivity index (χ0v) is 4.11. The summed E-state index contributed by atoms with van der Waals surface area (Å²) in [5.74, 6) is -0.306. The Hall–Kier alpha value is -0.960. The number of ketones is 1. The van der Waals surface area contributed by atoms with Crippen LogP contribution < -0.4 is 0 Å². The van der Waals surface area contributed by atoms with Crippen LogP contribution in [0, 0.1) is 0 Å². The number of rotatable bonds is 0. The fourth-order valence-corrected chi connectivity index (χ4v) is 0.420. The second-order valence-electron chi connectivity index (χ2n) is 1.46. The van der Waals surface area contributed by atoms with Crippen LogP contribution in [0.25, 0.3) is 0 Å². The summed E-state index contributed by atoms with van der Waals surface area (Å²) in [7, 11) is 0. The van der Waals surface area contributed by atoms with Crippen molar-refractivity contribution < 1.29 is 9.90 Å². The summed E-state index contributed by atoms with van der Waals surface area (Å²) >= 11 is 0. The van der Waals surface area contributed by atoms with Gasteiger partial charge in [0, 0.05) is 18.5 Å². The van der Waals surface area contributed by atoms with Crippen LogP contribution in [0.3, 0.4) is 0 Å². The predicted molar refractivity (Wildman–Crippen MR) is 28.6 cm³/mol. The number of hydrogen-bond donors (Lipinski definition) is 1. The first kappa shape index (κ1) is 5.18. The van der Waals surface area contributed by atoms with E-state index in [0.29, 0.717) is 0 Å². The van der Waals surface area contributed by atoms with Gasteiger partial charge in [0.25, 0.3) is 0 Å². The average molecular weight is 111 g/mol. The second-order valence-corrected chi connectivity index (χ2v) is 1.46. The Morgan fingerprint density at radius 3 is 2.88 bits per heavy atom. The third-order valence-corrected chi connectivity index (χ3v) is 0.844. The molecule has 0 aromatic heterocycles. The molecule has 0 aromatic carbocycles. The predicted octanol–water partition coefficient (Wildman–Crippen LogP) is -0.485. The molecule has 0 spiro atoms. The fraction of sp³-hybridized carbons (Fsp3) is 0.200. The van der Waals surface area contributed by atoms with E-state index in [0.717, 1.165) is 0 Å². The largest absolute Gasteiger partial charge is 0.379 e. The molecule has 1 rings (SSSR count). The van der Waals surface area contributed by atoms with Crippen molar-refractivity contribution in [2.24, 2.45) is 4.99 Å². The van der Waals surface area contributed by atoms with Gasteiger partial charge in [0.1, 0.15) is 0 Å². The molecule has 1 unspecified atom stereocenters. The molecule has 3 heteroatoms. The summed E-state index contributed by atoms with van der Waals surface area (Å²) in [6.07, 6.45) is 2.78. The lowest BCUT2D eigenvalue weighted by Gasteiger charge is -1.99. The summed E-state index contributed by atoms with van der Waals surface area (Å²) in [4.78, 5) is 13.9. The van der Waals surface area contributed by atoms with E-state index in [1.807, 2.05) is 0 Å². The molecule has 1 atom stereocenters. The molecule has 42 valence electrons. The topological polar surface area (TPSA) is 49.7 Å². The molecule has 0 aromatic rings. The Morgan fingerprint density at radius 2 is 2.50 bits per heavy atom. The van der Waals surface area contributed by atoms with Crippen molar-refractivity contribution in [1.82, 2.24) is 0 Å². The van der Waals surface area contributed by atoms with E-state index in [1.54, 1.807) is 0 Å². The van der Waals surface area contributed by atoms with Gasteiger partial charge in [-0.25, -0.2) is 0 Å². The van der Waals surface area contributed by atoms with Gasteiger partial charge in [-0.05, 0) is 0 Å². The summed E-state index contributed by atoms with van der Waals surface area (Å²) in [6.45, 7) is 0. The van der Waals surface area contributed by atoms with E-state index in [2.05, 4.69) is 4.99 Å². The quantitative estimate of drug-likeness (QED) is 0.458. The van der Waals surface area contributed by atoms with E-state index in [1.165, 1.54) is 18.5 Å². The van der Waals surface area contributed by atoms with E-state index in [4.69, 9.17) is 5.11 Å². The molecule has 0 saturated heterocycles. The maximum Gasteiger partial charge on any atom is 0.191 e. The molecule has 0 amide bonds. The molecule has 1 aliphatic heterocycles. The molecule has 1 heterocycles. The average Bonchev–Trinajstić information content (AvgIpc) is 1.77. The molecular weight excluding hydrogens is 106 g/mol.